The van der Waals surface area contributed by atoms with Gasteiger partial charge in [0, 0.05) is 6.42 Å². The van der Waals surface area contributed by atoms with E-state index in [0.29, 0.717) is 18.3 Å². The van der Waals surface area contributed by atoms with Gasteiger partial charge in [-0.05, 0) is 54.9 Å². The van der Waals surface area contributed by atoms with Crippen molar-refractivity contribution in [1.82, 2.24) is 0 Å². The number of carbonyl (C=O) groups excluding carboxylic acids is 2. The van der Waals surface area contributed by atoms with Gasteiger partial charge in [-0.15, -0.1) is 0 Å². The highest BCUT2D eigenvalue weighted by atomic mass is 16.5. The van der Waals surface area contributed by atoms with Crippen molar-refractivity contribution in [1.29, 1.82) is 0 Å². The molecule has 4 aliphatic carbocycles. The highest BCUT2D eigenvalue weighted by Crippen LogP contribution is 2.67. The van der Waals surface area contributed by atoms with Gasteiger partial charge in [-0.1, -0.05) is 42.0 Å². The Morgan fingerprint density at radius 1 is 1.17 bits per heavy atom. The average Bonchev–Trinajstić information content (AvgIpc) is 2.61. The Morgan fingerprint density at radius 2 is 1.83 bits per heavy atom. The molecule has 3 heteroatoms. The number of esters is 1. The third-order valence-electron chi connectivity index (χ3n) is 6.62. The molecule has 2 atom stereocenters. The maximum Gasteiger partial charge on any atom is 0.311 e. The standard InChI is InChI=1S/C21H24O3/c1-24-19(23)21-12-15-10-20(14-21,17-6-3-2-4-7-17)11-16(13-21)18(15)8-5-9-22/h2-4,6-9,15-16H,5,10-14H2,1H3. The highest BCUT2D eigenvalue weighted by molar-refractivity contribution is 5.78. The normalized spacial score (nSPS) is 36.5. The number of hydrogen-bond acceptors (Lipinski definition) is 3. The Bertz CT molecular complexity index is 670. The minimum Gasteiger partial charge on any atom is -0.469 e. The van der Waals surface area contributed by atoms with E-state index in [0.717, 1.165) is 38.4 Å². The molecule has 126 valence electrons. The van der Waals surface area contributed by atoms with E-state index in [1.807, 2.05) is 0 Å². The largest absolute Gasteiger partial charge is 0.469 e. The maximum absolute atomic E-state index is 12.7. The average molecular weight is 324 g/mol. The monoisotopic (exact) mass is 324 g/mol. The van der Waals surface area contributed by atoms with Crippen molar-refractivity contribution in [2.75, 3.05) is 7.11 Å². The molecule has 5 rings (SSSR count). The molecule has 4 saturated carbocycles. The second-order valence-electron chi connectivity index (χ2n) is 7.91. The van der Waals surface area contributed by atoms with Crippen LogP contribution >= 0.6 is 0 Å². The summed E-state index contributed by atoms with van der Waals surface area (Å²) in [4.78, 5) is 23.5. The van der Waals surface area contributed by atoms with Crippen LogP contribution in [0.1, 0.15) is 44.1 Å². The second kappa shape index (κ2) is 5.58. The smallest absolute Gasteiger partial charge is 0.311 e. The summed E-state index contributed by atoms with van der Waals surface area (Å²) in [7, 11) is 1.51. The number of aldehydes is 1. The van der Waals surface area contributed by atoms with E-state index in [9.17, 15) is 9.59 Å². The minimum atomic E-state index is -0.338. The maximum atomic E-state index is 12.7. The van der Waals surface area contributed by atoms with Crippen LogP contribution in [-0.2, 0) is 19.7 Å². The first kappa shape index (κ1) is 15.6. The van der Waals surface area contributed by atoms with Crippen molar-refractivity contribution in [3.63, 3.8) is 0 Å². The number of benzene rings is 1. The third-order valence-corrected chi connectivity index (χ3v) is 6.62. The molecule has 0 aromatic heterocycles. The van der Waals surface area contributed by atoms with Crippen LogP contribution in [0.5, 0.6) is 0 Å². The summed E-state index contributed by atoms with van der Waals surface area (Å²) >= 11 is 0. The quantitative estimate of drug-likeness (QED) is 0.480. The van der Waals surface area contributed by atoms with E-state index in [2.05, 4.69) is 36.4 Å². The highest BCUT2D eigenvalue weighted by Gasteiger charge is 2.62. The van der Waals surface area contributed by atoms with Gasteiger partial charge in [-0.3, -0.25) is 4.79 Å². The zero-order valence-electron chi connectivity index (χ0n) is 14.2. The Labute approximate surface area is 143 Å². The molecule has 4 bridgehead atoms. The Balaban J connectivity index is 1.78. The van der Waals surface area contributed by atoms with E-state index in [-0.39, 0.29) is 16.8 Å². The first-order valence-electron chi connectivity index (χ1n) is 8.90. The molecule has 1 aromatic rings. The van der Waals surface area contributed by atoms with E-state index in [4.69, 9.17) is 4.74 Å². The van der Waals surface area contributed by atoms with Gasteiger partial charge in [0.05, 0.1) is 12.5 Å². The van der Waals surface area contributed by atoms with Crippen molar-refractivity contribution in [2.24, 2.45) is 17.3 Å². The fraction of sp³-hybridized carbons (Fsp3) is 0.524. The lowest BCUT2D eigenvalue weighted by Gasteiger charge is -2.62. The molecular weight excluding hydrogens is 300 g/mol. The Morgan fingerprint density at radius 3 is 2.42 bits per heavy atom. The first-order valence-corrected chi connectivity index (χ1v) is 8.90. The zero-order chi connectivity index (χ0) is 16.8. The molecule has 0 N–H and O–H groups in total. The fourth-order valence-corrected chi connectivity index (χ4v) is 6.04. The van der Waals surface area contributed by atoms with Gasteiger partial charge < -0.3 is 9.53 Å². The summed E-state index contributed by atoms with van der Waals surface area (Å²) < 4.78 is 5.22. The van der Waals surface area contributed by atoms with Gasteiger partial charge in [0.2, 0.25) is 0 Å². The van der Waals surface area contributed by atoms with Crippen molar-refractivity contribution < 1.29 is 14.3 Å². The Hall–Kier alpha value is -1.90. The SMILES string of the molecule is COC(=O)C12CC3CC(c4ccccc4)(CC(C1)C3=CCC=O)C2. The molecule has 0 spiro atoms. The van der Waals surface area contributed by atoms with Crippen LogP contribution in [0.25, 0.3) is 0 Å². The van der Waals surface area contributed by atoms with E-state index < -0.39 is 0 Å². The van der Waals surface area contributed by atoms with Crippen LogP contribution in [0.4, 0.5) is 0 Å². The van der Waals surface area contributed by atoms with Gasteiger partial charge >= 0.3 is 5.97 Å². The van der Waals surface area contributed by atoms with E-state index in [1.54, 1.807) is 0 Å². The molecule has 2 unspecified atom stereocenters. The first-order chi connectivity index (χ1) is 11.6. The van der Waals surface area contributed by atoms with Crippen molar-refractivity contribution in [3.05, 3.63) is 47.5 Å². The lowest BCUT2D eigenvalue weighted by Crippen LogP contribution is -2.58. The lowest BCUT2D eigenvalue weighted by molar-refractivity contribution is -0.166. The topological polar surface area (TPSA) is 43.4 Å². The van der Waals surface area contributed by atoms with Gasteiger partial charge in [0.25, 0.3) is 0 Å². The van der Waals surface area contributed by atoms with Crippen LogP contribution in [0.2, 0.25) is 0 Å². The molecule has 4 aliphatic rings. The summed E-state index contributed by atoms with van der Waals surface area (Å²) in [6.07, 6.45) is 8.46. The number of allylic oxidation sites excluding steroid dienone is 2. The van der Waals surface area contributed by atoms with Gasteiger partial charge in [0.15, 0.2) is 0 Å². The van der Waals surface area contributed by atoms with Crippen molar-refractivity contribution in [3.8, 4) is 0 Å². The fourth-order valence-electron chi connectivity index (χ4n) is 6.04. The molecule has 0 aliphatic heterocycles. The van der Waals surface area contributed by atoms with Crippen molar-refractivity contribution >= 4 is 12.3 Å². The predicted molar refractivity (Wildman–Crippen MR) is 91.4 cm³/mol. The number of hydrogen-bond donors (Lipinski definition) is 0. The van der Waals surface area contributed by atoms with Gasteiger partial charge in [-0.2, -0.15) is 0 Å². The van der Waals surface area contributed by atoms with E-state index in [1.165, 1.54) is 18.2 Å². The van der Waals surface area contributed by atoms with Crippen LogP contribution in [-0.4, -0.2) is 19.4 Å². The molecule has 1 aromatic carbocycles. The summed E-state index contributed by atoms with van der Waals surface area (Å²) in [6, 6.07) is 10.7. The molecule has 24 heavy (non-hydrogen) atoms. The molecule has 0 radical (unpaired) electrons. The van der Waals surface area contributed by atoms with E-state index >= 15 is 0 Å². The number of rotatable bonds is 4. The Kier molecular flexibility index (Phi) is 3.63. The number of carbonyl (C=O) groups is 2. The van der Waals surface area contributed by atoms with Gasteiger partial charge in [0.1, 0.15) is 6.29 Å². The number of ether oxygens (including phenoxy) is 1. The number of methoxy groups -OCH3 is 1. The summed E-state index contributed by atoms with van der Waals surface area (Å²) in [6.45, 7) is 0. The molecule has 0 amide bonds. The van der Waals surface area contributed by atoms with Crippen LogP contribution in [0, 0.1) is 17.3 Å². The molecule has 4 fully saturated rings. The molecule has 0 saturated heterocycles. The van der Waals surface area contributed by atoms with Gasteiger partial charge in [-0.25, -0.2) is 0 Å². The summed E-state index contributed by atoms with van der Waals surface area (Å²) in [5.41, 5.74) is 2.53. The summed E-state index contributed by atoms with van der Waals surface area (Å²) in [5.74, 6) is 0.780. The summed E-state index contributed by atoms with van der Waals surface area (Å²) in [5, 5.41) is 0. The zero-order valence-corrected chi connectivity index (χ0v) is 14.2. The minimum absolute atomic E-state index is 0.0355. The predicted octanol–water partition coefficient (Wildman–Crippen LogP) is 3.82. The molecular formula is C21H24O3. The lowest BCUT2D eigenvalue weighted by atomic mass is 9.41. The van der Waals surface area contributed by atoms with Crippen LogP contribution in [0.3, 0.4) is 0 Å². The van der Waals surface area contributed by atoms with Crippen molar-refractivity contribution in [2.45, 2.75) is 43.9 Å². The van der Waals surface area contributed by atoms with Crippen LogP contribution < -0.4 is 0 Å². The second-order valence-corrected chi connectivity index (χ2v) is 7.91. The molecule has 0 heterocycles. The third kappa shape index (κ3) is 2.17. The molecule has 3 nitrogen and oxygen atoms in total. The van der Waals surface area contributed by atoms with Crippen LogP contribution in [0.15, 0.2) is 42.0 Å².